The second-order valence-electron chi connectivity index (χ2n) is 2.65. The Bertz CT molecular complexity index is 296. The largest absolute Gasteiger partial charge is 0.300 e. The fraction of sp³-hybridized carbons (Fsp3) is 0.375. The first kappa shape index (κ1) is 9.98. The number of carbonyl (C=O) groups is 3. The van der Waals surface area contributed by atoms with Crippen LogP contribution < -0.4 is 5.32 Å². The first-order valence-electron chi connectivity index (χ1n) is 3.82. The minimum Gasteiger partial charge on any atom is -0.300 e. The number of rotatable bonds is 3. The van der Waals surface area contributed by atoms with Crippen molar-refractivity contribution in [3.8, 4) is 0 Å². The lowest BCUT2D eigenvalue weighted by Crippen LogP contribution is -2.17. The van der Waals surface area contributed by atoms with Gasteiger partial charge in [0.05, 0.1) is 4.91 Å². The number of thioether (sulfide) groups is 1. The van der Waals surface area contributed by atoms with Gasteiger partial charge in [0.1, 0.15) is 5.78 Å². The SMILES string of the molecule is CC(=O)CC/C=C1\SC(=O)NC1=O. The summed E-state index contributed by atoms with van der Waals surface area (Å²) in [4.78, 5) is 32.6. The lowest BCUT2D eigenvalue weighted by molar-refractivity contribution is -0.117. The van der Waals surface area contributed by atoms with Gasteiger partial charge in [0.2, 0.25) is 0 Å². The minimum atomic E-state index is -0.362. The van der Waals surface area contributed by atoms with Gasteiger partial charge in [-0.3, -0.25) is 14.9 Å². The summed E-state index contributed by atoms with van der Waals surface area (Å²) in [5.41, 5.74) is 0. The van der Waals surface area contributed by atoms with E-state index >= 15 is 0 Å². The highest BCUT2D eigenvalue weighted by molar-refractivity contribution is 8.18. The number of amides is 2. The van der Waals surface area contributed by atoms with Crippen molar-refractivity contribution >= 4 is 28.7 Å². The van der Waals surface area contributed by atoms with Gasteiger partial charge in [-0.05, 0) is 25.1 Å². The Hall–Kier alpha value is -1.10. The molecule has 0 aromatic carbocycles. The second kappa shape index (κ2) is 4.23. The van der Waals surface area contributed by atoms with E-state index in [1.165, 1.54) is 6.92 Å². The third-order valence-corrected chi connectivity index (χ3v) is 2.33. The van der Waals surface area contributed by atoms with Gasteiger partial charge >= 0.3 is 0 Å². The zero-order valence-corrected chi connectivity index (χ0v) is 7.94. The molecule has 1 aliphatic rings. The monoisotopic (exact) mass is 199 g/mol. The Morgan fingerprint density at radius 2 is 2.23 bits per heavy atom. The third-order valence-electron chi connectivity index (χ3n) is 1.47. The van der Waals surface area contributed by atoms with Crippen LogP contribution in [0.1, 0.15) is 19.8 Å². The Labute approximate surface area is 79.8 Å². The van der Waals surface area contributed by atoms with E-state index < -0.39 is 0 Å². The maximum Gasteiger partial charge on any atom is 0.290 e. The first-order valence-corrected chi connectivity index (χ1v) is 4.64. The van der Waals surface area contributed by atoms with Crippen molar-refractivity contribution in [3.05, 3.63) is 11.0 Å². The summed E-state index contributed by atoms with van der Waals surface area (Å²) in [7, 11) is 0. The zero-order valence-electron chi connectivity index (χ0n) is 7.12. The Balaban J connectivity index is 2.47. The topological polar surface area (TPSA) is 63.2 Å². The molecular weight excluding hydrogens is 190 g/mol. The van der Waals surface area contributed by atoms with E-state index in [4.69, 9.17) is 0 Å². The van der Waals surface area contributed by atoms with E-state index in [1.54, 1.807) is 6.08 Å². The van der Waals surface area contributed by atoms with Crippen LogP contribution in [0.5, 0.6) is 0 Å². The summed E-state index contributed by atoms with van der Waals surface area (Å²) in [6.07, 6.45) is 2.54. The van der Waals surface area contributed by atoms with Gasteiger partial charge in [0.15, 0.2) is 0 Å². The average Bonchev–Trinajstić information content (AvgIpc) is 2.29. The molecule has 0 radical (unpaired) electrons. The maximum absolute atomic E-state index is 11.0. The molecule has 0 aliphatic carbocycles. The molecule has 0 aromatic heterocycles. The standard InChI is InChI=1S/C8H9NO3S/c1-5(10)3-2-4-6-7(11)9-8(12)13-6/h4H,2-3H2,1H3,(H,9,11,12)/b6-4-. The summed E-state index contributed by atoms with van der Waals surface area (Å²) >= 11 is 0.876. The van der Waals surface area contributed by atoms with E-state index in [0.29, 0.717) is 17.7 Å². The minimum absolute atomic E-state index is 0.0755. The van der Waals surface area contributed by atoms with E-state index in [-0.39, 0.29) is 16.9 Å². The highest BCUT2D eigenvalue weighted by Crippen LogP contribution is 2.23. The lowest BCUT2D eigenvalue weighted by atomic mass is 10.2. The Morgan fingerprint density at radius 3 is 2.69 bits per heavy atom. The highest BCUT2D eigenvalue weighted by atomic mass is 32.2. The van der Waals surface area contributed by atoms with Gasteiger partial charge in [-0.25, -0.2) is 0 Å². The van der Waals surface area contributed by atoms with Crippen molar-refractivity contribution in [1.82, 2.24) is 5.32 Å². The molecule has 4 nitrogen and oxygen atoms in total. The van der Waals surface area contributed by atoms with Gasteiger partial charge in [0.25, 0.3) is 11.1 Å². The smallest absolute Gasteiger partial charge is 0.290 e. The molecule has 1 aliphatic heterocycles. The van der Waals surface area contributed by atoms with Crippen LogP contribution in [0, 0.1) is 0 Å². The predicted molar refractivity (Wildman–Crippen MR) is 49.1 cm³/mol. The van der Waals surface area contributed by atoms with Crippen LogP contribution in [0.2, 0.25) is 0 Å². The first-order chi connectivity index (χ1) is 6.09. The van der Waals surface area contributed by atoms with Crippen LogP contribution in [-0.2, 0) is 9.59 Å². The van der Waals surface area contributed by atoms with Crippen LogP contribution in [0.4, 0.5) is 4.79 Å². The lowest BCUT2D eigenvalue weighted by Gasteiger charge is -1.90. The van der Waals surface area contributed by atoms with E-state index in [9.17, 15) is 14.4 Å². The Morgan fingerprint density at radius 1 is 1.54 bits per heavy atom. The zero-order chi connectivity index (χ0) is 9.84. The number of hydrogen-bond acceptors (Lipinski definition) is 4. The van der Waals surface area contributed by atoms with Crippen molar-refractivity contribution in [1.29, 1.82) is 0 Å². The Kier molecular flexibility index (Phi) is 3.25. The van der Waals surface area contributed by atoms with Crippen molar-refractivity contribution in [3.63, 3.8) is 0 Å². The number of Topliss-reactive ketones (excluding diaryl/α,β-unsaturated/α-hetero) is 1. The molecule has 0 spiro atoms. The summed E-state index contributed by atoms with van der Waals surface area (Å²) in [5, 5.41) is 1.79. The summed E-state index contributed by atoms with van der Waals surface area (Å²) < 4.78 is 0. The molecule has 0 unspecified atom stereocenters. The van der Waals surface area contributed by atoms with Crippen LogP contribution in [0.3, 0.4) is 0 Å². The van der Waals surface area contributed by atoms with Crippen LogP contribution in [0.15, 0.2) is 11.0 Å². The maximum atomic E-state index is 11.0. The molecule has 1 rings (SSSR count). The van der Waals surface area contributed by atoms with Crippen LogP contribution in [-0.4, -0.2) is 16.9 Å². The summed E-state index contributed by atoms with van der Waals surface area (Å²) in [5.74, 6) is -0.287. The molecule has 1 heterocycles. The fourth-order valence-electron chi connectivity index (χ4n) is 0.867. The molecule has 0 atom stereocenters. The molecule has 70 valence electrons. The molecule has 13 heavy (non-hydrogen) atoms. The van der Waals surface area contributed by atoms with Gasteiger partial charge in [-0.2, -0.15) is 0 Å². The number of allylic oxidation sites excluding steroid dienone is 1. The second-order valence-corrected chi connectivity index (χ2v) is 3.67. The molecule has 5 heteroatoms. The number of hydrogen-bond donors (Lipinski definition) is 1. The van der Waals surface area contributed by atoms with Crippen molar-refractivity contribution in [2.75, 3.05) is 0 Å². The summed E-state index contributed by atoms with van der Waals surface area (Å²) in [6, 6.07) is 0. The van der Waals surface area contributed by atoms with Gasteiger partial charge in [-0.1, -0.05) is 6.08 Å². The number of nitrogens with one attached hydrogen (secondary N) is 1. The van der Waals surface area contributed by atoms with E-state index in [1.807, 2.05) is 0 Å². The molecule has 0 saturated carbocycles. The van der Waals surface area contributed by atoms with Crippen molar-refractivity contribution in [2.24, 2.45) is 0 Å². The molecule has 1 fully saturated rings. The van der Waals surface area contributed by atoms with Crippen molar-refractivity contribution in [2.45, 2.75) is 19.8 Å². The molecule has 1 N–H and O–H groups in total. The number of imide groups is 1. The molecule has 2 amide bonds. The van der Waals surface area contributed by atoms with Crippen molar-refractivity contribution < 1.29 is 14.4 Å². The van der Waals surface area contributed by atoms with Gasteiger partial charge < -0.3 is 4.79 Å². The number of ketones is 1. The normalized spacial score (nSPS) is 19.3. The highest BCUT2D eigenvalue weighted by Gasteiger charge is 2.24. The van der Waals surface area contributed by atoms with E-state index in [0.717, 1.165) is 11.8 Å². The van der Waals surface area contributed by atoms with Gasteiger partial charge in [-0.15, -0.1) is 0 Å². The molecular formula is C8H9NO3S. The fourth-order valence-corrected chi connectivity index (χ4v) is 1.56. The third kappa shape index (κ3) is 3.02. The van der Waals surface area contributed by atoms with Crippen LogP contribution in [0.25, 0.3) is 0 Å². The molecule has 0 bridgehead atoms. The summed E-state index contributed by atoms with van der Waals surface area (Å²) in [6.45, 7) is 1.49. The predicted octanol–water partition coefficient (Wildman–Crippen LogP) is 1.22. The quantitative estimate of drug-likeness (QED) is 0.694. The molecule has 1 saturated heterocycles. The number of carbonyl (C=O) groups excluding carboxylic acids is 3. The van der Waals surface area contributed by atoms with E-state index in [2.05, 4.69) is 5.32 Å². The van der Waals surface area contributed by atoms with Gasteiger partial charge in [0, 0.05) is 6.42 Å². The molecule has 0 aromatic rings. The average molecular weight is 199 g/mol. The van der Waals surface area contributed by atoms with Crippen LogP contribution >= 0.6 is 11.8 Å².